The lowest BCUT2D eigenvalue weighted by Gasteiger charge is -2.55. The number of hydrogen-bond donors (Lipinski definition) is 2. The van der Waals surface area contributed by atoms with E-state index in [2.05, 4.69) is 10.6 Å². The monoisotopic (exact) mass is 399 g/mol. The Morgan fingerprint density at radius 2 is 1.69 bits per heavy atom. The highest BCUT2D eigenvalue weighted by Gasteiger charge is 2.55. The number of nitrogens with one attached hydrogen (secondary N) is 2. The van der Waals surface area contributed by atoms with Crippen molar-refractivity contribution in [3.63, 3.8) is 0 Å². The van der Waals surface area contributed by atoms with Gasteiger partial charge in [-0.3, -0.25) is 19.7 Å². The molecule has 1 aromatic carbocycles. The highest BCUT2D eigenvalue weighted by molar-refractivity contribution is 5.98. The molecule has 0 aliphatic heterocycles. The molecule has 0 radical (unpaired) electrons. The van der Waals surface area contributed by atoms with Gasteiger partial charge in [0, 0.05) is 23.2 Å². The van der Waals surface area contributed by atoms with E-state index in [9.17, 15) is 19.7 Å². The molecule has 1 aromatic rings. The zero-order chi connectivity index (χ0) is 20.8. The molecule has 4 aliphatic rings. The Bertz CT molecular complexity index is 800. The maximum Gasteiger partial charge on any atom is 0.271 e. The zero-order valence-electron chi connectivity index (χ0n) is 17.0. The van der Waals surface area contributed by atoms with E-state index in [-0.39, 0.29) is 28.8 Å². The summed E-state index contributed by atoms with van der Waals surface area (Å²) in [5, 5.41) is 16.8. The van der Waals surface area contributed by atoms with Crippen molar-refractivity contribution in [3.05, 3.63) is 34.4 Å². The number of amides is 2. The second-order valence-corrected chi connectivity index (χ2v) is 9.69. The smallest absolute Gasteiger partial charge is 0.271 e. The molecule has 4 saturated carbocycles. The molecule has 4 aliphatic carbocycles. The third-order valence-corrected chi connectivity index (χ3v) is 7.08. The molecule has 0 spiro atoms. The van der Waals surface area contributed by atoms with Crippen molar-refractivity contribution in [2.45, 2.75) is 58.4 Å². The Labute approximate surface area is 170 Å². The number of benzene rings is 1. The lowest BCUT2D eigenvalue weighted by molar-refractivity contribution is -0.384. The van der Waals surface area contributed by atoms with Crippen LogP contribution in [0, 0.1) is 39.2 Å². The Balaban J connectivity index is 1.46. The van der Waals surface area contributed by atoms with Crippen LogP contribution < -0.4 is 10.6 Å². The number of rotatable bonds is 6. The molecule has 29 heavy (non-hydrogen) atoms. The maximum atomic E-state index is 13.3. The third kappa shape index (κ3) is 3.87. The normalized spacial score (nSPS) is 30.8. The van der Waals surface area contributed by atoms with Crippen molar-refractivity contribution in [2.24, 2.45) is 29.1 Å². The van der Waals surface area contributed by atoms with E-state index in [1.54, 1.807) is 6.07 Å². The molecule has 0 aromatic heterocycles. The van der Waals surface area contributed by atoms with Crippen LogP contribution in [-0.4, -0.2) is 22.8 Å². The highest BCUT2D eigenvalue weighted by Crippen LogP contribution is 2.60. The second-order valence-electron chi connectivity index (χ2n) is 9.69. The van der Waals surface area contributed by atoms with E-state index in [1.807, 2.05) is 13.8 Å². The highest BCUT2D eigenvalue weighted by atomic mass is 16.6. The van der Waals surface area contributed by atoms with Gasteiger partial charge in [0.1, 0.15) is 6.04 Å². The standard InChI is InChI=1S/C22H29N3O4/c1-13(2)19(20(26)23-17-4-3-5-18(9-17)25(28)29)24-21(27)22-10-14-6-15(11-22)8-16(7-14)12-22/h3-5,9,13-16,19H,6-8,10-12H2,1-2H3,(H,23,26)(H,24,27)/t14?,15?,16?,19-,22?/m0/s1. The summed E-state index contributed by atoms with van der Waals surface area (Å²) in [6.45, 7) is 3.80. The minimum atomic E-state index is -0.672. The molecule has 0 heterocycles. The number of non-ortho nitro benzene ring substituents is 1. The van der Waals surface area contributed by atoms with Gasteiger partial charge in [-0.1, -0.05) is 19.9 Å². The number of hydrogen-bond acceptors (Lipinski definition) is 4. The van der Waals surface area contributed by atoms with Crippen LogP contribution in [0.3, 0.4) is 0 Å². The number of nitro benzene ring substituents is 1. The van der Waals surface area contributed by atoms with E-state index in [0.29, 0.717) is 23.4 Å². The quantitative estimate of drug-likeness (QED) is 0.560. The predicted molar refractivity (Wildman–Crippen MR) is 109 cm³/mol. The first-order valence-electron chi connectivity index (χ1n) is 10.6. The lowest BCUT2D eigenvalue weighted by atomic mass is 9.49. The van der Waals surface area contributed by atoms with Gasteiger partial charge in [0.05, 0.1) is 4.92 Å². The zero-order valence-corrected chi connectivity index (χ0v) is 17.0. The Hall–Kier alpha value is -2.44. The molecule has 7 nitrogen and oxygen atoms in total. The fourth-order valence-corrected chi connectivity index (χ4v) is 6.14. The first kappa shape index (κ1) is 19.9. The minimum Gasteiger partial charge on any atom is -0.344 e. The summed E-state index contributed by atoms with van der Waals surface area (Å²) in [6.07, 6.45) is 6.61. The summed E-state index contributed by atoms with van der Waals surface area (Å²) < 4.78 is 0. The van der Waals surface area contributed by atoms with Crippen molar-refractivity contribution >= 4 is 23.2 Å². The molecule has 1 atom stereocenters. The maximum absolute atomic E-state index is 13.3. The summed E-state index contributed by atoms with van der Waals surface area (Å²) >= 11 is 0. The number of nitrogens with zero attached hydrogens (tertiary/aromatic N) is 1. The number of carbonyl (C=O) groups is 2. The summed E-state index contributed by atoms with van der Waals surface area (Å²) in [6, 6.07) is 5.19. The van der Waals surface area contributed by atoms with Gasteiger partial charge in [-0.05, 0) is 68.3 Å². The average Bonchev–Trinajstić information content (AvgIpc) is 2.64. The van der Waals surface area contributed by atoms with E-state index in [4.69, 9.17) is 0 Å². The molecule has 2 amide bonds. The lowest BCUT2D eigenvalue weighted by Crippen LogP contribution is -2.57. The number of nitro groups is 1. The van der Waals surface area contributed by atoms with Crippen molar-refractivity contribution < 1.29 is 14.5 Å². The van der Waals surface area contributed by atoms with Gasteiger partial charge >= 0.3 is 0 Å². The summed E-state index contributed by atoms with van der Waals surface area (Å²) in [5.41, 5.74) is -0.0337. The number of anilines is 1. The Morgan fingerprint density at radius 3 is 2.21 bits per heavy atom. The van der Waals surface area contributed by atoms with E-state index in [0.717, 1.165) is 19.3 Å². The first-order chi connectivity index (χ1) is 13.8. The molecule has 0 saturated heterocycles. The van der Waals surface area contributed by atoms with E-state index < -0.39 is 11.0 Å². The van der Waals surface area contributed by atoms with Crippen molar-refractivity contribution in [1.29, 1.82) is 0 Å². The van der Waals surface area contributed by atoms with E-state index in [1.165, 1.54) is 37.5 Å². The molecule has 0 unspecified atom stereocenters. The van der Waals surface area contributed by atoms with Crippen LogP contribution in [0.4, 0.5) is 11.4 Å². The largest absolute Gasteiger partial charge is 0.344 e. The molecule has 5 rings (SSSR count). The summed E-state index contributed by atoms with van der Waals surface area (Å²) in [5.74, 6) is 1.56. The topological polar surface area (TPSA) is 101 Å². The van der Waals surface area contributed by atoms with Crippen LogP contribution in [0.2, 0.25) is 0 Å². The minimum absolute atomic E-state index is 0.0180. The van der Waals surface area contributed by atoms with Gasteiger partial charge in [-0.15, -0.1) is 0 Å². The van der Waals surface area contributed by atoms with Gasteiger partial charge < -0.3 is 10.6 Å². The van der Waals surface area contributed by atoms with Crippen LogP contribution in [0.5, 0.6) is 0 Å². The Kier molecular flexibility index (Phi) is 5.09. The van der Waals surface area contributed by atoms with Gasteiger partial charge in [-0.25, -0.2) is 0 Å². The third-order valence-electron chi connectivity index (χ3n) is 7.08. The SMILES string of the molecule is CC(C)[C@H](NC(=O)C12CC3CC(CC(C3)C1)C2)C(=O)Nc1cccc([N+](=O)[O-])c1. The summed E-state index contributed by atoms with van der Waals surface area (Å²) in [4.78, 5) is 36.7. The van der Waals surface area contributed by atoms with Crippen molar-refractivity contribution in [3.8, 4) is 0 Å². The van der Waals surface area contributed by atoms with Gasteiger partial charge in [0.2, 0.25) is 11.8 Å². The van der Waals surface area contributed by atoms with Gasteiger partial charge in [-0.2, -0.15) is 0 Å². The molecule has 2 N–H and O–H groups in total. The van der Waals surface area contributed by atoms with Crippen molar-refractivity contribution in [1.82, 2.24) is 5.32 Å². The van der Waals surface area contributed by atoms with Crippen LogP contribution in [0.1, 0.15) is 52.4 Å². The molecule has 4 bridgehead atoms. The molecular weight excluding hydrogens is 370 g/mol. The molecule has 7 heteroatoms. The molecule has 4 fully saturated rings. The van der Waals surface area contributed by atoms with Crippen LogP contribution >= 0.6 is 0 Å². The summed E-state index contributed by atoms with van der Waals surface area (Å²) in [7, 11) is 0. The predicted octanol–water partition coefficient (Wildman–Crippen LogP) is 3.89. The second kappa shape index (κ2) is 7.43. The fraction of sp³-hybridized carbons (Fsp3) is 0.636. The van der Waals surface area contributed by atoms with Gasteiger partial charge in [0.15, 0.2) is 0 Å². The number of carbonyl (C=O) groups excluding carboxylic acids is 2. The van der Waals surface area contributed by atoms with Crippen LogP contribution in [-0.2, 0) is 9.59 Å². The van der Waals surface area contributed by atoms with E-state index >= 15 is 0 Å². The Morgan fingerprint density at radius 1 is 1.10 bits per heavy atom. The van der Waals surface area contributed by atoms with Gasteiger partial charge in [0.25, 0.3) is 5.69 Å². The molecular formula is C22H29N3O4. The van der Waals surface area contributed by atoms with Crippen molar-refractivity contribution in [2.75, 3.05) is 5.32 Å². The first-order valence-corrected chi connectivity index (χ1v) is 10.6. The van der Waals surface area contributed by atoms with Crippen LogP contribution in [0.15, 0.2) is 24.3 Å². The molecule has 156 valence electrons. The van der Waals surface area contributed by atoms with Crippen LogP contribution in [0.25, 0.3) is 0 Å². The average molecular weight is 399 g/mol. The fourth-order valence-electron chi connectivity index (χ4n) is 6.14.